The van der Waals surface area contributed by atoms with E-state index in [0.29, 0.717) is 42.9 Å². The average Bonchev–Trinajstić information content (AvgIpc) is 3.33. The number of likely N-dealkylation sites (tertiary alicyclic amines) is 1. The van der Waals surface area contributed by atoms with Gasteiger partial charge in [-0.15, -0.1) is 0 Å². The molecule has 0 radical (unpaired) electrons. The van der Waals surface area contributed by atoms with Crippen LogP contribution in [0.4, 0.5) is 4.39 Å². The Labute approximate surface area is 180 Å². The molecule has 6 heteroatoms. The molecule has 0 saturated carbocycles. The molecule has 0 unspecified atom stereocenters. The van der Waals surface area contributed by atoms with Crippen LogP contribution < -0.4 is 5.32 Å². The summed E-state index contributed by atoms with van der Waals surface area (Å²) in [6.07, 6.45) is 2.16. The third-order valence-corrected chi connectivity index (χ3v) is 5.80. The molecule has 2 amide bonds. The molecule has 2 aromatic carbocycles. The number of nitrogens with one attached hydrogen (secondary N) is 1. The summed E-state index contributed by atoms with van der Waals surface area (Å²) in [6.45, 7) is 2.85. The molecule has 1 fully saturated rings. The van der Waals surface area contributed by atoms with Crippen LogP contribution in [0.2, 0.25) is 0 Å². The van der Waals surface area contributed by atoms with E-state index in [-0.39, 0.29) is 29.5 Å². The Morgan fingerprint density at radius 2 is 1.90 bits per heavy atom. The van der Waals surface area contributed by atoms with E-state index in [0.717, 1.165) is 5.56 Å². The maximum Gasteiger partial charge on any atom is 0.253 e. The Balaban J connectivity index is 1.55. The fraction of sp³-hybridized carbons (Fsp3) is 0.280. The molecule has 1 aliphatic heterocycles. The summed E-state index contributed by atoms with van der Waals surface area (Å²) in [5, 5.41) is 2.92. The quantitative estimate of drug-likeness (QED) is 0.670. The predicted octanol–water partition coefficient (Wildman–Crippen LogP) is 4.29. The Kier molecular flexibility index (Phi) is 6.16. The fourth-order valence-electron chi connectivity index (χ4n) is 4.11. The lowest BCUT2D eigenvalue weighted by Crippen LogP contribution is -2.48. The van der Waals surface area contributed by atoms with Gasteiger partial charge in [0.2, 0.25) is 5.91 Å². The minimum Gasteiger partial charge on any atom is -0.467 e. The Morgan fingerprint density at radius 3 is 2.61 bits per heavy atom. The van der Waals surface area contributed by atoms with Crippen LogP contribution in [0.1, 0.15) is 39.6 Å². The number of furan rings is 1. The summed E-state index contributed by atoms with van der Waals surface area (Å²) < 4.78 is 19.1. The van der Waals surface area contributed by atoms with E-state index in [1.807, 2.05) is 24.3 Å². The number of benzene rings is 2. The molecule has 2 heterocycles. The van der Waals surface area contributed by atoms with Gasteiger partial charge in [-0.05, 0) is 54.8 Å². The molecule has 5 nitrogen and oxygen atoms in total. The maximum absolute atomic E-state index is 13.8. The molecule has 0 aliphatic carbocycles. The van der Waals surface area contributed by atoms with E-state index in [9.17, 15) is 14.0 Å². The van der Waals surface area contributed by atoms with E-state index in [2.05, 4.69) is 5.32 Å². The minimum absolute atomic E-state index is 0.0555. The van der Waals surface area contributed by atoms with Gasteiger partial charge in [0, 0.05) is 24.6 Å². The Hall–Kier alpha value is -3.41. The first-order chi connectivity index (χ1) is 15.0. The maximum atomic E-state index is 13.8. The highest BCUT2D eigenvalue weighted by Crippen LogP contribution is 2.32. The van der Waals surface area contributed by atoms with E-state index in [4.69, 9.17) is 4.42 Å². The summed E-state index contributed by atoms with van der Waals surface area (Å²) in [6, 6.07) is 17.7. The van der Waals surface area contributed by atoms with Crippen molar-refractivity contribution in [3.63, 3.8) is 0 Å². The highest BCUT2D eigenvalue weighted by molar-refractivity contribution is 5.94. The van der Waals surface area contributed by atoms with Crippen molar-refractivity contribution in [1.29, 1.82) is 0 Å². The van der Waals surface area contributed by atoms with E-state index >= 15 is 0 Å². The molecule has 31 heavy (non-hydrogen) atoms. The third-order valence-electron chi connectivity index (χ3n) is 5.80. The molecule has 0 bridgehead atoms. The number of nitrogens with zero attached hydrogens (tertiary/aromatic N) is 1. The van der Waals surface area contributed by atoms with Crippen LogP contribution in [-0.4, -0.2) is 29.8 Å². The summed E-state index contributed by atoms with van der Waals surface area (Å²) in [5.41, 5.74) is 2.09. The zero-order valence-electron chi connectivity index (χ0n) is 17.4. The lowest BCUT2D eigenvalue weighted by atomic mass is 9.83. The molecule has 4 rings (SSSR count). The molecule has 1 saturated heterocycles. The first-order valence-electron chi connectivity index (χ1n) is 10.4. The number of hydrogen-bond acceptors (Lipinski definition) is 3. The average molecular weight is 420 g/mol. The molecular weight excluding hydrogens is 395 g/mol. The highest BCUT2D eigenvalue weighted by Gasteiger charge is 2.35. The van der Waals surface area contributed by atoms with Gasteiger partial charge in [0.25, 0.3) is 5.91 Å². The molecular formula is C25H25FN2O3. The third kappa shape index (κ3) is 4.85. The number of amides is 2. The van der Waals surface area contributed by atoms with Crippen LogP contribution in [0.25, 0.3) is 0 Å². The van der Waals surface area contributed by atoms with Gasteiger partial charge in [-0.1, -0.05) is 30.3 Å². The van der Waals surface area contributed by atoms with Gasteiger partial charge in [0.05, 0.1) is 18.7 Å². The normalized spacial score (nSPS) is 18.6. The van der Waals surface area contributed by atoms with Crippen LogP contribution in [-0.2, 0) is 11.3 Å². The first-order valence-corrected chi connectivity index (χ1v) is 10.4. The predicted molar refractivity (Wildman–Crippen MR) is 115 cm³/mol. The van der Waals surface area contributed by atoms with Crippen LogP contribution in [0.5, 0.6) is 0 Å². The van der Waals surface area contributed by atoms with E-state index in [1.165, 1.54) is 6.07 Å². The smallest absolute Gasteiger partial charge is 0.253 e. The number of piperidine rings is 1. The molecule has 1 aliphatic rings. The fourth-order valence-corrected chi connectivity index (χ4v) is 4.11. The zero-order chi connectivity index (χ0) is 21.8. The lowest BCUT2D eigenvalue weighted by Gasteiger charge is -2.37. The summed E-state index contributed by atoms with van der Waals surface area (Å²) in [4.78, 5) is 27.8. The SMILES string of the molecule is Cc1cc([C@H]2C[C@@H](C(=O)NCc3ccco3)CN(C(=O)c3ccccc3)C2)ccc1F. The van der Waals surface area contributed by atoms with E-state index < -0.39 is 0 Å². The molecule has 3 aromatic rings. The van der Waals surface area contributed by atoms with Crippen molar-refractivity contribution < 1.29 is 18.4 Å². The Bertz CT molecular complexity index is 1050. The summed E-state index contributed by atoms with van der Waals surface area (Å²) in [5.74, 6) is -0.234. The molecule has 1 N–H and O–H groups in total. The van der Waals surface area contributed by atoms with Crippen molar-refractivity contribution in [3.05, 3.63) is 95.2 Å². The van der Waals surface area contributed by atoms with Gasteiger partial charge in [-0.2, -0.15) is 0 Å². The first kappa shape index (κ1) is 20.8. The number of aryl methyl sites for hydroxylation is 1. The van der Waals surface area contributed by atoms with Gasteiger partial charge in [0.15, 0.2) is 0 Å². The van der Waals surface area contributed by atoms with Crippen molar-refractivity contribution in [3.8, 4) is 0 Å². The van der Waals surface area contributed by atoms with Crippen LogP contribution in [0, 0.1) is 18.7 Å². The second kappa shape index (κ2) is 9.16. The van der Waals surface area contributed by atoms with Crippen LogP contribution in [0.15, 0.2) is 71.3 Å². The zero-order valence-corrected chi connectivity index (χ0v) is 17.4. The minimum atomic E-state index is -0.369. The molecule has 2 atom stereocenters. The number of carbonyl (C=O) groups is 2. The molecule has 1 aromatic heterocycles. The van der Waals surface area contributed by atoms with Gasteiger partial charge in [-0.25, -0.2) is 4.39 Å². The summed E-state index contributed by atoms with van der Waals surface area (Å²) >= 11 is 0. The number of hydrogen-bond donors (Lipinski definition) is 1. The van der Waals surface area contributed by atoms with Crippen molar-refractivity contribution in [2.24, 2.45) is 5.92 Å². The highest BCUT2D eigenvalue weighted by atomic mass is 19.1. The Morgan fingerprint density at radius 1 is 1.10 bits per heavy atom. The number of halogens is 1. The monoisotopic (exact) mass is 420 g/mol. The molecule has 160 valence electrons. The van der Waals surface area contributed by atoms with Crippen molar-refractivity contribution >= 4 is 11.8 Å². The summed E-state index contributed by atoms with van der Waals surface area (Å²) in [7, 11) is 0. The van der Waals surface area contributed by atoms with Crippen molar-refractivity contribution in [2.75, 3.05) is 13.1 Å². The van der Waals surface area contributed by atoms with Gasteiger partial charge in [-0.3, -0.25) is 9.59 Å². The van der Waals surface area contributed by atoms with Crippen LogP contribution >= 0.6 is 0 Å². The van der Waals surface area contributed by atoms with Crippen molar-refractivity contribution in [1.82, 2.24) is 10.2 Å². The number of carbonyl (C=O) groups excluding carboxylic acids is 2. The standard InChI is InChI=1S/C25H25FN2O3/c1-17-12-19(9-10-23(17)26)20-13-21(24(29)27-14-22-8-5-11-31-22)16-28(15-20)25(30)18-6-3-2-4-7-18/h2-12,20-21H,13-16H2,1H3,(H,27,29)/t20-,21+/m0/s1. The van der Waals surface area contributed by atoms with Crippen molar-refractivity contribution in [2.45, 2.75) is 25.8 Å². The van der Waals surface area contributed by atoms with Gasteiger partial charge in [0.1, 0.15) is 11.6 Å². The van der Waals surface area contributed by atoms with Gasteiger partial charge >= 0.3 is 0 Å². The molecule has 0 spiro atoms. The van der Waals surface area contributed by atoms with E-state index in [1.54, 1.807) is 48.4 Å². The van der Waals surface area contributed by atoms with Gasteiger partial charge < -0.3 is 14.6 Å². The second-order valence-electron chi connectivity index (χ2n) is 8.01. The lowest BCUT2D eigenvalue weighted by molar-refractivity contribution is -0.126. The van der Waals surface area contributed by atoms with Crippen LogP contribution in [0.3, 0.4) is 0 Å². The number of rotatable bonds is 5. The largest absolute Gasteiger partial charge is 0.467 e. The second-order valence-corrected chi connectivity index (χ2v) is 8.01. The topological polar surface area (TPSA) is 62.6 Å².